The Kier molecular flexibility index (Phi) is 7.80. The van der Waals surface area contributed by atoms with Gasteiger partial charge in [-0.05, 0) is 59.2 Å². The molecular formula is C57H35N5O. The van der Waals surface area contributed by atoms with Gasteiger partial charge >= 0.3 is 0 Å². The van der Waals surface area contributed by atoms with Gasteiger partial charge in [0.25, 0.3) is 0 Å². The van der Waals surface area contributed by atoms with Crippen molar-refractivity contribution in [2.75, 3.05) is 0 Å². The highest BCUT2D eigenvalue weighted by molar-refractivity contribution is 6.26. The van der Waals surface area contributed by atoms with Gasteiger partial charge in [0.15, 0.2) is 11.6 Å². The Hall–Kier alpha value is -8.61. The number of benzene rings is 9. The Bertz CT molecular complexity index is 3900. The molecule has 0 aliphatic heterocycles. The first kappa shape index (κ1) is 35.2. The first-order valence-electron chi connectivity index (χ1n) is 21.2. The Labute approximate surface area is 361 Å². The monoisotopic (exact) mass is 805 g/mol. The van der Waals surface area contributed by atoms with Crippen LogP contribution < -0.4 is 0 Å². The van der Waals surface area contributed by atoms with E-state index >= 15 is 0 Å². The molecule has 13 rings (SSSR count). The van der Waals surface area contributed by atoms with Crippen molar-refractivity contribution < 1.29 is 4.42 Å². The lowest BCUT2D eigenvalue weighted by molar-refractivity contribution is 0.669. The van der Waals surface area contributed by atoms with E-state index in [1.165, 1.54) is 16.3 Å². The smallest absolute Gasteiger partial charge is 0.238 e. The standard InChI is InChI=1S/C57H35N5O/c1-4-16-36(17-5-1)39-28-30-41(37-18-6-2-7-19-37)50(34-39)61-47-25-13-10-22-42(47)45-32-33-49-53(54(45)61)46-24-11-14-26-48(46)62(49)57-59-55(38-20-8-3-9-21-38)58-56(60-57)40-29-31-44-43-23-12-15-27-51(43)63-52(44)35-40/h1-35H. The minimum Gasteiger partial charge on any atom is -0.456 e. The van der Waals surface area contributed by atoms with Gasteiger partial charge in [-0.3, -0.25) is 4.57 Å². The Morgan fingerprint density at radius 3 is 1.67 bits per heavy atom. The van der Waals surface area contributed by atoms with Crippen LogP contribution >= 0.6 is 0 Å². The third kappa shape index (κ3) is 5.55. The molecule has 0 N–H and O–H groups in total. The van der Waals surface area contributed by atoms with Crippen LogP contribution in [-0.2, 0) is 0 Å². The number of aromatic nitrogens is 5. The van der Waals surface area contributed by atoms with Crippen LogP contribution in [0.5, 0.6) is 0 Å². The van der Waals surface area contributed by atoms with Gasteiger partial charge in [-0.2, -0.15) is 9.97 Å². The molecule has 0 spiro atoms. The fraction of sp³-hybridized carbons (Fsp3) is 0. The molecule has 0 unspecified atom stereocenters. The quantitative estimate of drug-likeness (QED) is 0.168. The van der Waals surface area contributed by atoms with Crippen molar-refractivity contribution in [3.05, 3.63) is 212 Å². The van der Waals surface area contributed by atoms with Gasteiger partial charge in [0.05, 0.1) is 27.8 Å². The predicted octanol–water partition coefficient (Wildman–Crippen LogP) is 14.6. The van der Waals surface area contributed by atoms with Crippen molar-refractivity contribution in [3.63, 3.8) is 0 Å². The zero-order valence-electron chi connectivity index (χ0n) is 33.9. The summed E-state index contributed by atoms with van der Waals surface area (Å²) in [5.41, 5.74) is 13.4. The molecule has 4 aromatic heterocycles. The van der Waals surface area contributed by atoms with E-state index in [2.05, 4.69) is 167 Å². The van der Waals surface area contributed by atoms with Crippen LogP contribution in [0.25, 0.3) is 122 Å². The highest BCUT2D eigenvalue weighted by Crippen LogP contribution is 2.44. The van der Waals surface area contributed by atoms with E-state index in [1.54, 1.807) is 0 Å². The zero-order valence-corrected chi connectivity index (χ0v) is 33.9. The van der Waals surface area contributed by atoms with Crippen LogP contribution in [0.1, 0.15) is 0 Å². The lowest BCUT2D eigenvalue weighted by Gasteiger charge is -2.17. The number of hydrogen-bond acceptors (Lipinski definition) is 4. The van der Waals surface area contributed by atoms with Gasteiger partial charge in [-0.1, -0.05) is 170 Å². The summed E-state index contributed by atoms with van der Waals surface area (Å²) < 4.78 is 11.0. The van der Waals surface area contributed by atoms with Crippen molar-refractivity contribution in [1.82, 2.24) is 24.1 Å². The second kappa shape index (κ2) is 14.0. The molecule has 9 aromatic carbocycles. The molecular weight excluding hydrogens is 771 g/mol. The molecule has 0 saturated heterocycles. The zero-order chi connectivity index (χ0) is 41.4. The maximum absolute atomic E-state index is 6.35. The highest BCUT2D eigenvalue weighted by atomic mass is 16.3. The molecule has 0 radical (unpaired) electrons. The lowest BCUT2D eigenvalue weighted by atomic mass is 9.97. The third-order valence-electron chi connectivity index (χ3n) is 12.4. The van der Waals surface area contributed by atoms with Gasteiger partial charge in [0.2, 0.25) is 5.95 Å². The molecule has 6 nitrogen and oxygen atoms in total. The van der Waals surface area contributed by atoms with E-state index < -0.39 is 0 Å². The molecule has 0 aliphatic carbocycles. The highest BCUT2D eigenvalue weighted by Gasteiger charge is 2.24. The van der Waals surface area contributed by atoms with Crippen LogP contribution in [-0.4, -0.2) is 24.1 Å². The number of para-hydroxylation sites is 3. The summed E-state index contributed by atoms with van der Waals surface area (Å²) in [6, 6.07) is 74.6. The molecule has 0 bridgehead atoms. The van der Waals surface area contributed by atoms with Crippen molar-refractivity contribution in [3.8, 4) is 56.7 Å². The van der Waals surface area contributed by atoms with Crippen molar-refractivity contribution in [1.29, 1.82) is 0 Å². The topological polar surface area (TPSA) is 61.7 Å². The van der Waals surface area contributed by atoms with Gasteiger partial charge in [0, 0.05) is 49.0 Å². The fourth-order valence-electron chi connectivity index (χ4n) is 9.54. The molecule has 4 heterocycles. The van der Waals surface area contributed by atoms with Gasteiger partial charge in [-0.15, -0.1) is 0 Å². The molecule has 13 aromatic rings. The molecule has 0 aliphatic rings. The summed E-state index contributed by atoms with van der Waals surface area (Å²) in [7, 11) is 0. The second-order valence-corrected chi connectivity index (χ2v) is 16.0. The van der Waals surface area contributed by atoms with Crippen molar-refractivity contribution >= 4 is 65.6 Å². The molecule has 6 heteroatoms. The largest absolute Gasteiger partial charge is 0.456 e. The predicted molar refractivity (Wildman–Crippen MR) is 258 cm³/mol. The van der Waals surface area contributed by atoms with Gasteiger partial charge in [-0.25, -0.2) is 4.98 Å². The van der Waals surface area contributed by atoms with Crippen LogP contribution in [0.3, 0.4) is 0 Å². The van der Waals surface area contributed by atoms with Crippen LogP contribution in [0.15, 0.2) is 217 Å². The maximum atomic E-state index is 6.35. The summed E-state index contributed by atoms with van der Waals surface area (Å²) in [5, 5.41) is 6.72. The molecule has 0 saturated carbocycles. The minimum absolute atomic E-state index is 0.535. The summed E-state index contributed by atoms with van der Waals surface area (Å²) >= 11 is 0. The molecule has 63 heavy (non-hydrogen) atoms. The molecule has 0 amide bonds. The van der Waals surface area contributed by atoms with E-state index in [-0.39, 0.29) is 0 Å². The lowest BCUT2D eigenvalue weighted by Crippen LogP contribution is -2.06. The van der Waals surface area contributed by atoms with Gasteiger partial charge in [0.1, 0.15) is 11.2 Å². The summed E-state index contributed by atoms with van der Waals surface area (Å²) in [6.45, 7) is 0. The van der Waals surface area contributed by atoms with Crippen LogP contribution in [0.2, 0.25) is 0 Å². The first-order valence-corrected chi connectivity index (χ1v) is 21.2. The number of fused-ring (bicyclic) bond motifs is 10. The van der Waals surface area contributed by atoms with Crippen LogP contribution in [0.4, 0.5) is 0 Å². The molecule has 0 atom stereocenters. The number of furan rings is 1. The van der Waals surface area contributed by atoms with Crippen molar-refractivity contribution in [2.45, 2.75) is 0 Å². The van der Waals surface area contributed by atoms with Crippen LogP contribution in [0, 0.1) is 0 Å². The Balaban J connectivity index is 1.12. The van der Waals surface area contributed by atoms with E-state index in [0.29, 0.717) is 17.6 Å². The van der Waals surface area contributed by atoms with E-state index in [1.807, 2.05) is 54.6 Å². The summed E-state index contributed by atoms with van der Waals surface area (Å²) in [6.07, 6.45) is 0. The normalized spacial score (nSPS) is 11.8. The second-order valence-electron chi connectivity index (χ2n) is 16.0. The third-order valence-corrected chi connectivity index (χ3v) is 12.4. The average Bonchev–Trinajstić information content (AvgIpc) is 4.02. The molecule has 0 fully saturated rings. The Morgan fingerprint density at radius 2 is 0.905 bits per heavy atom. The first-order chi connectivity index (χ1) is 31.2. The average molecular weight is 806 g/mol. The van der Waals surface area contributed by atoms with E-state index in [9.17, 15) is 0 Å². The number of nitrogens with zero attached hydrogens (tertiary/aromatic N) is 5. The van der Waals surface area contributed by atoms with E-state index in [4.69, 9.17) is 19.4 Å². The van der Waals surface area contributed by atoms with Crippen molar-refractivity contribution in [2.24, 2.45) is 0 Å². The maximum Gasteiger partial charge on any atom is 0.238 e. The van der Waals surface area contributed by atoms with Gasteiger partial charge < -0.3 is 8.98 Å². The number of hydrogen-bond donors (Lipinski definition) is 0. The minimum atomic E-state index is 0.535. The Morgan fingerprint density at radius 1 is 0.333 bits per heavy atom. The fourth-order valence-corrected chi connectivity index (χ4v) is 9.54. The summed E-state index contributed by atoms with van der Waals surface area (Å²) in [4.78, 5) is 15.7. The number of rotatable bonds is 6. The SMILES string of the molecule is c1ccc(-c2ccc(-c3ccccc3)c(-n3c4ccccc4c4ccc5c(c6ccccc6n5-c5nc(-c6ccccc6)nc(-c6ccc7c(c6)oc6ccccc67)n5)c43)c2)cc1. The molecule has 294 valence electrons. The van der Waals surface area contributed by atoms with E-state index in [0.717, 1.165) is 88.3 Å². The summed E-state index contributed by atoms with van der Waals surface area (Å²) in [5.74, 6) is 1.69.